The molecule has 2 N–H and O–H groups in total. The highest BCUT2D eigenvalue weighted by Crippen LogP contribution is 2.44. The van der Waals surface area contributed by atoms with E-state index in [2.05, 4.69) is 15.9 Å². The highest BCUT2D eigenvalue weighted by Gasteiger charge is 2.32. The van der Waals surface area contributed by atoms with Crippen LogP contribution in [-0.2, 0) is 0 Å². The van der Waals surface area contributed by atoms with Gasteiger partial charge in [-0.05, 0) is 30.9 Å². The van der Waals surface area contributed by atoms with Crippen molar-refractivity contribution in [2.24, 2.45) is 11.7 Å². The van der Waals surface area contributed by atoms with Crippen LogP contribution < -0.4 is 10.5 Å². The molecule has 0 aliphatic heterocycles. The first-order valence-electron chi connectivity index (χ1n) is 4.82. The summed E-state index contributed by atoms with van der Waals surface area (Å²) in [4.78, 5) is 0. The molecule has 2 rings (SSSR count). The predicted octanol–water partition coefficient (Wildman–Crippen LogP) is 2.87. The lowest BCUT2D eigenvalue weighted by Crippen LogP contribution is -2.14. The first-order chi connectivity index (χ1) is 6.74. The summed E-state index contributed by atoms with van der Waals surface area (Å²) in [5.74, 6) is 1.53. The Morgan fingerprint density at radius 1 is 1.50 bits per heavy atom. The van der Waals surface area contributed by atoms with Crippen LogP contribution in [0.15, 0.2) is 22.7 Å². The minimum atomic E-state index is 0.112. The van der Waals surface area contributed by atoms with Gasteiger partial charge in [-0.15, -0.1) is 0 Å². The second-order valence-corrected chi connectivity index (χ2v) is 4.57. The second kappa shape index (κ2) is 3.91. The Morgan fingerprint density at radius 3 is 2.79 bits per heavy atom. The zero-order valence-electron chi connectivity index (χ0n) is 8.16. The standard InChI is InChI=1S/C11H14BrNO/c1-14-9-4-2-3-8(12)10(9)11(13)7-5-6-7/h2-4,7,11H,5-6,13H2,1H3/t11-/m1/s1. The molecule has 1 fully saturated rings. The molecule has 0 bridgehead atoms. The van der Waals surface area contributed by atoms with Crippen LogP contribution in [0.1, 0.15) is 24.4 Å². The van der Waals surface area contributed by atoms with Crippen molar-refractivity contribution in [3.05, 3.63) is 28.2 Å². The monoisotopic (exact) mass is 255 g/mol. The first kappa shape index (κ1) is 9.99. The van der Waals surface area contributed by atoms with E-state index in [0.717, 1.165) is 15.8 Å². The van der Waals surface area contributed by atoms with Gasteiger partial charge in [0.2, 0.25) is 0 Å². The van der Waals surface area contributed by atoms with Gasteiger partial charge in [0, 0.05) is 16.1 Å². The molecule has 0 heterocycles. The molecule has 3 heteroatoms. The number of ether oxygens (including phenoxy) is 1. The van der Waals surface area contributed by atoms with E-state index in [-0.39, 0.29) is 6.04 Å². The fraction of sp³-hybridized carbons (Fsp3) is 0.455. The Bertz CT molecular complexity index is 336. The number of hydrogen-bond acceptors (Lipinski definition) is 2. The van der Waals surface area contributed by atoms with Crippen molar-refractivity contribution in [1.29, 1.82) is 0 Å². The molecule has 0 saturated heterocycles. The maximum Gasteiger partial charge on any atom is 0.124 e. The number of methoxy groups -OCH3 is 1. The Kier molecular flexibility index (Phi) is 2.79. The summed E-state index contributed by atoms with van der Waals surface area (Å²) in [6.07, 6.45) is 2.48. The molecule has 2 nitrogen and oxygen atoms in total. The Balaban J connectivity index is 2.37. The average molecular weight is 256 g/mol. The highest BCUT2D eigenvalue weighted by molar-refractivity contribution is 9.10. The summed E-state index contributed by atoms with van der Waals surface area (Å²) >= 11 is 3.52. The van der Waals surface area contributed by atoms with Crippen LogP contribution in [0.3, 0.4) is 0 Å². The van der Waals surface area contributed by atoms with Crippen LogP contribution >= 0.6 is 15.9 Å². The molecule has 76 valence electrons. The fourth-order valence-electron chi connectivity index (χ4n) is 1.71. The van der Waals surface area contributed by atoms with E-state index in [1.165, 1.54) is 12.8 Å². The summed E-state index contributed by atoms with van der Waals surface area (Å²) in [6.45, 7) is 0. The van der Waals surface area contributed by atoms with Crippen molar-refractivity contribution in [1.82, 2.24) is 0 Å². The van der Waals surface area contributed by atoms with Gasteiger partial charge in [-0.2, -0.15) is 0 Å². The van der Waals surface area contributed by atoms with Crippen LogP contribution in [0.4, 0.5) is 0 Å². The van der Waals surface area contributed by atoms with E-state index < -0.39 is 0 Å². The largest absolute Gasteiger partial charge is 0.496 e. The molecule has 1 atom stereocenters. The quantitative estimate of drug-likeness (QED) is 0.902. The van der Waals surface area contributed by atoms with Crippen molar-refractivity contribution < 1.29 is 4.74 Å². The molecule has 14 heavy (non-hydrogen) atoms. The van der Waals surface area contributed by atoms with Gasteiger partial charge in [-0.25, -0.2) is 0 Å². The Hall–Kier alpha value is -0.540. The first-order valence-corrected chi connectivity index (χ1v) is 5.61. The maximum absolute atomic E-state index is 6.17. The summed E-state index contributed by atoms with van der Waals surface area (Å²) in [6, 6.07) is 6.05. The predicted molar refractivity (Wildman–Crippen MR) is 60.3 cm³/mol. The number of benzene rings is 1. The number of halogens is 1. The van der Waals surface area contributed by atoms with Crippen molar-refractivity contribution in [2.75, 3.05) is 7.11 Å². The van der Waals surface area contributed by atoms with Gasteiger partial charge < -0.3 is 10.5 Å². The molecule has 1 aromatic rings. The fourth-order valence-corrected chi connectivity index (χ4v) is 2.32. The van der Waals surface area contributed by atoms with Gasteiger partial charge in [-0.1, -0.05) is 22.0 Å². The zero-order valence-corrected chi connectivity index (χ0v) is 9.75. The topological polar surface area (TPSA) is 35.2 Å². The molecule has 0 amide bonds. The number of hydrogen-bond donors (Lipinski definition) is 1. The molecular weight excluding hydrogens is 242 g/mol. The van der Waals surface area contributed by atoms with Gasteiger partial charge in [0.15, 0.2) is 0 Å². The Labute approximate surface area is 92.6 Å². The molecule has 1 aromatic carbocycles. The van der Waals surface area contributed by atoms with Crippen LogP contribution in [0.5, 0.6) is 5.75 Å². The van der Waals surface area contributed by atoms with E-state index >= 15 is 0 Å². The van der Waals surface area contributed by atoms with Gasteiger partial charge in [0.25, 0.3) is 0 Å². The van der Waals surface area contributed by atoms with Crippen LogP contribution in [0.2, 0.25) is 0 Å². The van der Waals surface area contributed by atoms with Crippen LogP contribution in [0.25, 0.3) is 0 Å². The lowest BCUT2D eigenvalue weighted by atomic mass is 10.0. The summed E-state index contributed by atoms with van der Waals surface area (Å²) in [5.41, 5.74) is 7.28. The molecule has 0 spiro atoms. The van der Waals surface area contributed by atoms with Crippen molar-refractivity contribution in [2.45, 2.75) is 18.9 Å². The zero-order chi connectivity index (χ0) is 10.1. The minimum absolute atomic E-state index is 0.112. The third kappa shape index (κ3) is 1.79. The smallest absolute Gasteiger partial charge is 0.124 e. The molecule has 0 unspecified atom stereocenters. The van der Waals surface area contributed by atoms with Gasteiger partial charge in [0.1, 0.15) is 5.75 Å². The minimum Gasteiger partial charge on any atom is -0.496 e. The van der Waals surface area contributed by atoms with Gasteiger partial charge in [-0.3, -0.25) is 0 Å². The Morgan fingerprint density at radius 2 is 2.21 bits per heavy atom. The molecule has 0 radical (unpaired) electrons. The number of rotatable bonds is 3. The van der Waals surface area contributed by atoms with Crippen LogP contribution in [-0.4, -0.2) is 7.11 Å². The lowest BCUT2D eigenvalue weighted by molar-refractivity contribution is 0.402. The summed E-state index contributed by atoms with van der Waals surface area (Å²) in [7, 11) is 1.69. The van der Waals surface area contributed by atoms with E-state index in [0.29, 0.717) is 5.92 Å². The van der Waals surface area contributed by atoms with E-state index in [4.69, 9.17) is 10.5 Å². The van der Waals surface area contributed by atoms with Crippen molar-refractivity contribution in [3.63, 3.8) is 0 Å². The van der Waals surface area contributed by atoms with Gasteiger partial charge in [0.05, 0.1) is 7.11 Å². The van der Waals surface area contributed by atoms with Crippen molar-refractivity contribution >= 4 is 15.9 Å². The van der Waals surface area contributed by atoms with E-state index in [9.17, 15) is 0 Å². The lowest BCUT2D eigenvalue weighted by Gasteiger charge is -2.16. The molecule has 1 saturated carbocycles. The third-order valence-corrected chi connectivity index (χ3v) is 3.39. The molecule has 1 aliphatic rings. The molecular formula is C11H14BrNO. The molecule has 0 aromatic heterocycles. The maximum atomic E-state index is 6.17. The highest BCUT2D eigenvalue weighted by atomic mass is 79.9. The van der Waals surface area contributed by atoms with Crippen molar-refractivity contribution in [3.8, 4) is 5.75 Å². The number of nitrogens with two attached hydrogens (primary N) is 1. The third-order valence-electron chi connectivity index (χ3n) is 2.70. The van der Waals surface area contributed by atoms with Crippen LogP contribution in [0, 0.1) is 5.92 Å². The SMILES string of the molecule is COc1cccc(Br)c1[C@H](N)C1CC1. The van der Waals surface area contributed by atoms with Gasteiger partial charge >= 0.3 is 0 Å². The summed E-state index contributed by atoms with van der Waals surface area (Å²) in [5, 5.41) is 0. The normalized spacial score (nSPS) is 17.9. The average Bonchev–Trinajstić information content (AvgIpc) is 2.99. The summed E-state index contributed by atoms with van der Waals surface area (Å²) < 4.78 is 6.37. The molecule has 1 aliphatic carbocycles. The second-order valence-electron chi connectivity index (χ2n) is 3.72. The van der Waals surface area contributed by atoms with E-state index in [1.807, 2.05) is 18.2 Å². The van der Waals surface area contributed by atoms with E-state index in [1.54, 1.807) is 7.11 Å².